The summed E-state index contributed by atoms with van der Waals surface area (Å²) in [5.74, 6) is -0.643. The average Bonchev–Trinajstić information content (AvgIpc) is 3.52. The lowest BCUT2D eigenvalue weighted by molar-refractivity contribution is -0.171. The number of ether oxygens (including phenoxy) is 1. The summed E-state index contributed by atoms with van der Waals surface area (Å²) in [6.07, 6.45) is 5.70. The molecule has 0 saturated carbocycles. The molecule has 0 spiro atoms. The smallest absolute Gasteiger partial charge is 0.347 e. The Hall–Kier alpha value is -4.02. The van der Waals surface area contributed by atoms with Gasteiger partial charge in [-0.1, -0.05) is 60.7 Å². The van der Waals surface area contributed by atoms with Crippen LogP contribution in [0.4, 0.5) is 0 Å². The summed E-state index contributed by atoms with van der Waals surface area (Å²) in [6.45, 7) is 1.46. The van der Waals surface area contributed by atoms with Gasteiger partial charge in [-0.05, 0) is 30.4 Å². The molecule has 214 valence electrons. The van der Waals surface area contributed by atoms with Crippen molar-refractivity contribution in [1.29, 1.82) is 0 Å². The van der Waals surface area contributed by atoms with E-state index in [0.717, 1.165) is 43.2 Å². The molecule has 0 amide bonds. The van der Waals surface area contributed by atoms with Crippen LogP contribution in [0.5, 0.6) is 0 Å². The second-order valence-electron chi connectivity index (χ2n) is 11.2. The molecule has 4 aromatic rings. The van der Waals surface area contributed by atoms with Crippen molar-refractivity contribution in [3.05, 3.63) is 99.0 Å². The molecule has 2 aliphatic heterocycles. The first kappa shape index (κ1) is 27.2. The molecule has 6 rings (SSSR count). The molecule has 10 nitrogen and oxygen atoms in total. The van der Waals surface area contributed by atoms with E-state index in [1.807, 2.05) is 16.7 Å². The number of aryl methyl sites for hydroxylation is 2. The zero-order valence-corrected chi connectivity index (χ0v) is 23.3. The highest BCUT2D eigenvalue weighted by molar-refractivity contribution is 5.85. The number of piperidine rings is 1. The maximum Gasteiger partial charge on any atom is 0.347 e. The van der Waals surface area contributed by atoms with Crippen LogP contribution in [0, 0.1) is 0 Å². The van der Waals surface area contributed by atoms with Crippen LogP contribution in [0.15, 0.2) is 76.6 Å². The first-order chi connectivity index (χ1) is 19.8. The minimum atomic E-state index is -1.88. The minimum Gasteiger partial charge on any atom is -0.460 e. The number of benzene rings is 2. The number of aliphatic hydroxyl groups is 1. The topological polar surface area (TPSA) is 112 Å². The van der Waals surface area contributed by atoms with Gasteiger partial charge in [0.15, 0.2) is 11.2 Å². The number of hydrogen-bond acceptors (Lipinski definition) is 7. The summed E-state index contributed by atoms with van der Waals surface area (Å²) in [4.78, 5) is 45.4. The fourth-order valence-corrected chi connectivity index (χ4v) is 6.67. The number of esters is 1. The van der Waals surface area contributed by atoms with Gasteiger partial charge in [-0.15, -0.1) is 0 Å². The molecule has 4 heterocycles. The van der Waals surface area contributed by atoms with Gasteiger partial charge in [-0.2, -0.15) is 0 Å². The molecule has 41 heavy (non-hydrogen) atoms. The van der Waals surface area contributed by atoms with Gasteiger partial charge in [0.1, 0.15) is 6.10 Å². The molecule has 2 aliphatic rings. The van der Waals surface area contributed by atoms with E-state index in [2.05, 4.69) is 9.88 Å². The monoisotopic (exact) mass is 557 g/mol. The van der Waals surface area contributed by atoms with E-state index in [1.54, 1.807) is 61.9 Å². The van der Waals surface area contributed by atoms with Gasteiger partial charge in [-0.25, -0.2) is 14.6 Å². The van der Waals surface area contributed by atoms with Gasteiger partial charge < -0.3 is 14.4 Å². The molecular weight excluding hydrogens is 522 g/mol. The van der Waals surface area contributed by atoms with Gasteiger partial charge in [0, 0.05) is 52.1 Å². The lowest BCUT2D eigenvalue weighted by Crippen LogP contribution is -2.48. The average molecular weight is 558 g/mol. The maximum atomic E-state index is 13.6. The number of aromatic nitrogens is 4. The van der Waals surface area contributed by atoms with Crippen molar-refractivity contribution in [3.63, 3.8) is 0 Å². The SMILES string of the molecule is Cn1c(=O)c2c(ncn2CCCN2C3CCC2CC(OC(=O)C(O)(c2ccccc2)c2ccccc2)C3)n(C)c1=O. The van der Waals surface area contributed by atoms with E-state index in [1.165, 1.54) is 11.6 Å². The van der Waals surface area contributed by atoms with Crippen LogP contribution < -0.4 is 11.2 Å². The zero-order chi connectivity index (χ0) is 28.7. The Morgan fingerprint density at radius 1 is 0.927 bits per heavy atom. The van der Waals surface area contributed by atoms with Crippen LogP contribution in [-0.2, 0) is 35.8 Å². The first-order valence-corrected chi connectivity index (χ1v) is 14.2. The predicted molar refractivity (Wildman–Crippen MR) is 153 cm³/mol. The number of carbonyl (C=O) groups excluding carboxylic acids is 1. The van der Waals surface area contributed by atoms with Crippen molar-refractivity contribution in [3.8, 4) is 0 Å². The Morgan fingerprint density at radius 2 is 1.51 bits per heavy atom. The molecule has 10 heteroatoms. The van der Waals surface area contributed by atoms with Crippen LogP contribution in [0.25, 0.3) is 11.2 Å². The fourth-order valence-electron chi connectivity index (χ4n) is 6.67. The second kappa shape index (κ2) is 10.8. The molecule has 2 saturated heterocycles. The van der Waals surface area contributed by atoms with Gasteiger partial charge in [-0.3, -0.25) is 18.8 Å². The molecule has 0 radical (unpaired) electrons. The van der Waals surface area contributed by atoms with E-state index in [4.69, 9.17) is 4.74 Å². The Balaban J connectivity index is 1.12. The number of carbonyl (C=O) groups is 1. The van der Waals surface area contributed by atoms with Crippen LogP contribution in [-0.4, -0.2) is 59.4 Å². The molecular formula is C31H35N5O5. The number of hydrogen-bond donors (Lipinski definition) is 1. The predicted octanol–water partition coefficient (Wildman–Crippen LogP) is 2.30. The molecule has 2 unspecified atom stereocenters. The third-order valence-corrected chi connectivity index (χ3v) is 8.83. The highest BCUT2D eigenvalue weighted by Gasteiger charge is 2.46. The van der Waals surface area contributed by atoms with Gasteiger partial charge >= 0.3 is 11.7 Å². The van der Waals surface area contributed by atoms with Crippen LogP contribution >= 0.6 is 0 Å². The van der Waals surface area contributed by atoms with Gasteiger partial charge in [0.2, 0.25) is 5.60 Å². The molecule has 2 aromatic heterocycles. The molecule has 2 atom stereocenters. The Kier molecular flexibility index (Phi) is 7.13. The Labute approximate surface area is 237 Å². The first-order valence-electron chi connectivity index (χ1n) is 14.2. The van der Waals surface area contributed by atoms with Crippen molar-refractivity contribution in [1.82, 2.24) is 23.6 Å². The number of imidazole rings is 1. The van der Waals surface area contributed by atoms with Gasteiger partial charge in [0.25, 0.3) is 5.56 Å². The molecule has 2 aromatic carbocycles. The van der Waals surface area contributed by atoms with E-state index in [9.17, 15) is 19.5 Å². The van der Waals surface area contributed by atoms with Crippen molar-refractivity contribution >= 4 is 17.1 Å². The van der Waals surface area contributed by atoms with E-state index in [0.29, 0.717) is 40.9 Å². The highest BCUT2D eigenvalue weighted by atomic mass is 16.6. The quantitative estimate of drug-likeness (QED) is 0.331. The van der Waals surface area contributed by atoms with Crippen molar-refractivity contribution in [2.45, 2.75) is 62.4 Å². The number of rotatable bonds is 8. The summed E-state index contributed by atoms with van der Waals surface area (Å²) in [6, 6.07) is 18.5. The summed E-state index contributed by atoms with van der Waals surface area (Å²) < 4.78 is 10.4. The van der Waals surface area contributed by atoms with E-state index >= 15 is 0 Å². The summed E-state index contributed by atoms with van der Waals surface area (Å²) >= 11 is 0. The summed E-state index contributed by atoms with van der Waals surface area (Å²) in [7, 11) is 3.10. The standard InChI is InChI=1S/C31H35N5O5/c1-33-27-26(28(37)34(2)30(33)39)35(20-32-27)16-9-17-36-23-14-15-24(36)19-25(18-23)41-29(38)31(40,21-10-5-3-6-11-21)22-12-7-4-8-13-22/h3-8,10-13,20,23-25,40H,9,14-19H2,1-2H3. The van der Waals surface area contributed by atoms with Crippen LogP contribution in [0.1, 0.15) is 43.2 Å². The minimum absolute atomic E-state index is 0.267. The van der Waals surface area contributed by atoms with Crippen LogP contribution in [0.3, 0.4) is 0 Å². The van der Waals surface area contributed by atoms with Crippen LogP contribution in [0.2, 0.25) is 0 Å². The summed E-state index contributed by atoms with van der Waals surface area (Å²) in [5.41, 5.74) is -0.809. The largest absolute Gasteiger partial charge is 0.460 e. The highest BCUT2D eigenvalue weighted by Crippen LogP contribution is 2.39. The third kappa shape index (κ3) is 4.70. The van der Waals surface area contributed by atoms with Crippen molar-refractivity contribution < 1.29 is 14.6 Å². The van der Waals surface area contributed by atoms with Gasteiger partial charge in [0.05, 0.1) is 6.33 Å². The summed E-state index contributed by atoms with van der Waals surface area (Å²) in [5, 5.41) is 11.8. The van der Waals surface area contributed by atoms with E-state index in [-0.39, 0.29) is 17.4 Å². The number of fused-ring (bicyclic) bond motifs is 3. The molecule has 2 fully saturated rings. The lowest BCUT2D eigenvalue weighted by atomic mass is 9.86. The third-order valence-electron chi connectivity index (χ3n) is 8.83. The fraction of sp³-hybridized carbons (Fsp3) is 0.419. The van der Waals surface area contributed by atoms with E-state index < -0.39 is 11.6 Å². The lowest BCUT2D eigenvalue weighted by Gasteiger charge is -2.39. The second-order valence-corrected chi connectivity index (χ2v) is 11.2. The Bertz CT molecular complexity index is 1620. The molecule has 2 bridgehead atoms. The molecule has 0 aliphatic carbocycles. The zero-order valence-electron chi connectivity index (χ0n) is 23.3. The maximum absolute atomic E-state index is 13.6. The normalized spacial score (nSPS) is 20.9. The van der Waals surface area contributed by atoms with Crippen molar-refractivity contribution in [2.24, 2.45) is 14.1 Å². The number of nitrogens with zero attached hydrogens (tertiary/aromatic N) is 5. The van der Waals surface area contributed by atoms with Crippen molar-refractivity contribution in [2.75, 3.05) is 6.54 Å². The molecule has 1 N–H and O–H groups in total. The Morgan fingerprint density at radius 3 is 2.10 bits per heavy atom.